The molecule has 1 saturated carbocycles. The van der Waals surface area contributed by atoms with E-state index in [9.17, 15) is 0 Å². The zero-order chi connectivity index (χ0) is 16.3. The lowest BCUT2D eigenvalue weighted by Crippen LogP contribution is -2.27. The van der Waals surface area contributed by atoms with Crippen molar-refractivity contribution in [1.82, 2.24) is 14.5 Å². The van der Waals surface area contributed by atoms with E-state index in [1.54, 1.807) is 0 Å². The molecule has 0 bridgehead atoms. The van der Waals surface area contributed by atoms with Gasteiger partial charge >= 0.3 is 0 Å². The summed E-state index contributed by atoms with van der Waals surface area (Å²) in [5, 5.41) is 1.41. The fourth-order valence-corrected chi connectivity index (χ4v) is 4.05. The number of likely N-dealkylation sites (N-methyl/N-ethyl adjacent to an activating group) is 1. The highest BCUT2D eigenvalue weighted by Crippen LogP contribution is 2.39. The number of nitrogens with zero attached hydrogens (tertiary/aromatic N) is 3. The molecule has 2 aliphatic rings. The lowest BCUT2D eigenvalue weighted by atomic mass is 10.0. The average Bonchev–Trinajstić information content (AvgIpc) is 3.39. The van der Waals surface area contributed by atoms with Gasteiger partial charge in [-0.3, -0.25) is 4.98 Å². The molecule has 3 aromatic rings. The summed E-state index contributed by atoms with van der Waals surface area (Å²) in [6.07, 6.45) is 5.79. The second-order valence-electron chi connectivity index (χ2n) is 7.48. The Morgan fingerprint density at radius 1 is 1.12 bits per heavy atom. The Kier molecular flexibility index (Phi) is 3.07. The maximum absolute atomic E-state index is 4.75. The first kappa shape index (κ1) is 14.2. The van der Waals surface area contributed by atoms with Crippen LogP contribution < -0.4 is 0 Å². The number of benzene rings is 1. The van der Waals surface area contributed by atoms with Gasteiger partial charge in [0.2, 0.25) is 0 Å². The van der Waals surface area contributed by atoms with Crippen molar-refractivity contribution in [3.05, 3.63) is 59.0 Å². The molecule has 122 valence electrons. The minimum absolute atomic E-state index is 0.714. The van der Waals surface area contributed by atoms with E-state index in [0.29, 0.717) is 5.92 Å². The highest BCUT2D eigenvalue weighted by atomic mass is 15.1. The van der Waals surface area contributed by atoms with E-state index in [1.165, 1.54) is 51.9 Å². The van der Waals surface area contributed by atoms with Crippen LogP contribution in [0.5, 0.6) is 0 Å². The molecule has 3 heteroatoms. The molecule has 24 heavy (non-hydrogen) atoms. The van der Waals surface area contributed by atoms with Gasteiger partial charge in [-0.2, -0.15) is 0 Å². The Bertz CT molecular complexity index is 916. The SMILES string of the molecule is Cc1ccc2c(c1)c1c(n2-c2ccc(C3CC3)nc2)CCN(C)C1. The van der Waals surface area contributed by atoms with Crippen molar-refractivity contribution in [2.24, 2.45) is 0 Å². The molecule has 1 aromatic carbocycles. The Labute approximate surface area is 142 Å². The summed E-state index contributed by atoms with van der Waals surface area (Å²) in [7, 11) is 2.22. The molecule has 0 saturated heterocycles. The van der Waals surface area contributed by atoms with Crippen LogP contribution in [0.3, 0.4) is 0 Å². The molecule has 5 rings (SSSR count). The summed E-state index contributed by atoms with van der Waals surface area (Å²) in [6.45, 7) is 4.34. The Balaban J connectivity index is 1.72. The highest BCUT2D eigenvalue weighted by Gasteiger charge is 2.26. The van der Waals surface area contributed by atoms with Gasteiger partial charge in [0.1, 0.15) is 0 Å². The van der Waals surface area contributed by atoms with Gasteiger partial charge in [-0.25, -0.2) is 0 Å². The molecule has 0 radical (unpaired) electrons. The van der Waals surface area contributed by atoms with E-state index in [0.717, 1.165) is 19.5 Å². The Morgan fingerprint density at radius 3 is 2.75 bits per heavy atom. The smallest absolute Gasteiger partial charge is 0.0642 e. The van der Waals surface area contributed by atoms with Crippen LogP contribution >= 0.6 is 0 Å². The van der Waals surface area contributed by atoms with E-state index in [2.05, 4.69) is 60.0 Å². The van der Waals surface area contributed by atoms with Crippen LogP contribution in [0, 0.1) is 6.92 Å². The minimum Gasteiger partial charge on any atom is -0.312 e. The van der Waals surface area contributed by atoms with Crippen LogP contribution in [0.15, 0.2) is 36.5 Å². The van der Waals surface area contributed by atoms with Crippen molar-refractivity contribution in [2.75, 3.05) is 13.6 Å². The predicted octanol–water partition coefficient (Wildman–Crippen LogP) is 4.20. The van der Waals surface area contributed by atoms with Gasteiger partial charge in [-0.15, -0.1) is 0 Å². The van der Waals surface area contributed by atoms with Crippen LogP contribution in [-0.2, 0) is 13.0 Å². The van der Waals surface area contributed by atoms with Gasteiger partial charge < -0.3 is 9.47 Å². The van der Waals surface area contributed by atoms with Crippen LogP contribution in [-0.4, -0.2) is 28.0 Å². The van der Waals surface area contributed by atoms with Crippen molar-refractivity contribution < 1.29 is 0 Å². The molecule has 1 fully saturated rings. The lowest BCUT2D eigenvalue weighted by Gasteiger charge is -2.24. The molecule has 0 atom stereocenters. The van der Waals surface area contributed by atoms with Crippen LogP contribution in [0.4, 0.5) is 0 Å². The summed E-state index contributed by atoms with van der Waals surface area (Å²) in [6, 6.07) is 11.3. The molecular formula is C21H23N3. The van der Waals surface area contributed by atoms with E-state index < -0.39 is 0 Å². The molecule has 3 heterocycles. The molecule has 0 amide bonds. The van der Waals surface area contributed by atoms with Crippen LogP contribution in [0.25, 0.3) is 16.6 Å². The molecular weight excluding hydrogens is 294 g/mol. The summed E-state index contributed by atoms with van der Waals surface area (Å²) in [4.78, 5) is 7.17. The normalized spacial score (nSPS) is 18.1. The monoisotopic (exact) mass is 317 g/mol. The summed E-state index contributed by atoms with van der Waals surface area (Å²) in [5.74, 6) is 0.714. The van der Waals surface area contributed by atoms with Gasteiger partial charge in [-0.05, 0) is 56.6 Å². The second-order valence-corrected chi connectivity index (χ2v) is 7.48. The number of rotatable bonds is 2. The first-order valence-corrected chi connectivity index (χ1v) is 8.98. The van der Waals surface area contributed by atoms with Crippen LogP contribution in [0.2, 0.25) is 0 Å². The number of pyridine rings is 1. The zero-order valence-corrected chi connectivity index (χ0v) is 14.4. The number of aromatic nitrogens is 2. The standard InChI is InChI=1S/C21H23N3/c1-14-3-8-20-17(11-14)18-13-23(2)10-9-21(18)24(20)16-6-7-19(22-12-16)15-4-5-15/h3,6-8,11-12,15H,4-5,9-10,13H2,1-2H3. The van der Waals surface area contributed by atoms with Crippen molar-refractivity contribution >= 4 is 10.9 Å². The maximum Gasteiger partial charge on any atom is 0.0642 e. The molecule has 1 aliphatic carbocycles. The van der Waals surface area contributed by atoms with Crippen molar-refractivity contribution in [3.8, 4) is 5.69 Å². The largest absolute Gasteiger partial charge is 0.312 e. The third-order valence-electron chi connectivity index (χ3n) is 5.52. The van der Waals surface area contributed by atoms with Gasteiger partial charge in [0, 0.05) is 42.2 Å². The molecule has 0 N–H and O–H groups in total. The predicted molar refractivity (Wildman–Crippen MR) is 97.8 cm³/mol. The molecule has 1 aliphatic heterocycles. The first-order valence-electron chi connectivity index (χ1n) is 8.98. The van der Waals surface area contributed by atoms with Crippen molar-refractivity contribution in [2.45, 2.75) is 38.6 Å². The number of hydrogen-bond acceptors (Lipinski definition) is 2. The third kappa shape index (κ3) is 2.19. The zero-order valence-electron chi connectivity index (χ0n) is 14.4. The van der Waals surface area contributed by atoms with Gasteiger partial charge in [-0.1, -0.05) is 11.6 Å². The summed E-state index contributed by atoms with van der Waals surface area (Å²) in [5.41, 5.74) is 8.09. The second kappa shape index (κ2) is 5.18. The van der Waals surface area contributed by atoms with Gasteiger partial charge in [0.05, 0.1) is 17.4 Å². The molecule has 2 aromatic heterocycles. The fraction of sp³-hybridized carbons (Fsp3) is 0.381. The van der Waals surface area contributed by atoms with Crippen LogP contribution in [0.1, 0.15) is 41.3 Å². The highest BCUT2D eigenvalue weighted by molar-refractivity contribution is 5.88. The number of fused-ring (bicyclic) bond motifs is 3. The van der Waals surface area contributed by atoms with E-state index in [1.807, 2.05) is 0 Å². The minimum atomic E-state index is 0.714. The van der Waals surface area contributed by atoms with Gasteiger partial charge in [0.15, 0.2) is 0 Å². The third-order valence-corrected chi connectivity index (χ3v) is 5.52. The first-order chi connectivity index (χ1) is 11.7. The average molecular weight is 317 g/mol. The Morgan fingerprint density at radius 2 is 2.00 bits per heavy atom. The molecule has 3 nitrogen and oxygen atoms in total. The summed E-state index contributed by atoms with van der Waals surface area (Å²) < 4.78 is 2.45. The number of hydrogen-bond donors (Lipinski definition) is 0. The van der Waals surface area contributed by atoms with E-state index in [-0.39, 0.29) is 0 Å². The topological polar surface area (TPSA) is 21.1 Å². The number of aryl methyl sites for hydroxylation is 1. The van der Waals surface area contributed by atoms with E-state index >= 15 is 0 Å². The summed E-state index contributed by atoms with van der Waals surface area (Å²) >= 11 is 0. The molecule has 0 unspecified atom stereocenters. The Hall–Kier alpha value is -2.13. The fourth-order valence-electron chi connectivity index (χ4n) is 4.05. The quantitative estimate of drug-likeness (QED) is 0.706. The van der Waals surface area contributed by atoms with Crippen molar-refractivity contribution in [3.63, 3.8) is 0 Å². The maximum atomic E-state index is 4.75. The molecule has 0 spiro atoms. The van der Waals surface area contributed by atoms with E-state index in [4.69, 9.17) is 4.98 Å². The van der Waals surface area contributed by atoms with Gasteiger partial charge in [0.25, 0.3) is 0 Å². The van der Waals surface area contributed by atoms with Crippen molar-refractivity contribution in [1.29, 1.82) is 0 Å². The lowest BCUT2D eigenvalue weighted by molar-refractivity contribution is 0.311.